The van der Waals surface area contributed by atoms with Crippen LogP contribution in [0, 0.1) is 0 Å². The highest BCUT2D eigenvalue weighted by Crippen LogP contribution is 2.22. The first-order valence-electron chi connectivity index (χ1n) is 7.93. The molecule has 0 bridgehead atoms. The lowest BCUT2D eigenvalue weighted by Crippen LogP contribution is -2.35. The molecular weight excluding hydrogens is 290 g/mol. The second kappa shape index (κ2) is 5.53. The van der Waals surface area contributed by atoms with E-state index in [9.17, 15) is 4.79 Å². The van der Waals surface area contributed by atoms with Gasteiger partial charge in [-0.3, -0.25) is 14.9 Å². The first kappa shape index (κ1) is 14.0. The maximum Gasteiger partial charge on any atom is 0.254 e. The van der Waals surface area contributed by atoms with Crippen LogP contribution in [0.25, 0.3) is 0 Å². The highest BCUT2D eigenvalue weighted by Gasteiger charge is 2.23. The zero-order valence-corrected chi connectivity index (χ0v) is 13.1. The molecule has 0 unspecified atom stereocenters. The molecule has 6 heteroatoms. The fourth-order valence-corrected chi connectivity index (χ4v) is 3.11. The van der Waals surface area contributed by atoms with Gasteiger partial charge in [-0.15, -0.1) is 0 Å². The zero-order valence-electron chi connectivity index (χ0n) is 13.1. The van der Waals surface area contributed by atoms with Crippen molar-refractivity contribution < 1.29 is 4.79 Å². The van der Waals surface area contributed by atoms with Gasteiger partial charge in [-0.05, 0) is 31.2 Å². The van der Waals surface area contributed by atoms with Gasteiger partial charge >= 0.3 is 0 Å². The van der Waals surface area contributed by atoms with Crippen LogP contribution in [0.1, 0.15) is 35.0 Å². The lowest BCUT2D eigenvalue weighted by Gasteiger charge is -2.26. The van der Waals surface area contributed by atoms with Crippen molar-refractivity contribution in [3.63, 3.8) is 0 Å². The van der Waals surface area contributed by atoms with Gasteiger partial charge in [0.1, 0.15) is 0 Å². The molecule has 0 fully saturated rings. The van der Waals surface area contributed by atoms with E-state index in [1.54, 1.807) is 0 Å². The average molecular weight is 309 g/mol. The summed E-state index contributed by atoms with van der Waals surface area (Å²) < 4.78 is 0. The molecule has 2 aromatic rings. The number of H-pyrrole nitrogens is 1. The van der Waals surface area contributed by atoms with E-state index < -0.39 is 0 Å². The molecule has 6 nitrogen and oxygen atoms in total. The number of benzene rings is 1. The number of aromatic nitrogens is 2. The number of aromatic amines is 1. The van der Waals surface area contributed by atoms with Crippen LogP contribution in [0.3, 0.4) is 0 Å². The number of rotatable bonds is 2. The Morgan fingerprint density at radius 3 is 2.74 bits per heavy atom. The Labute approximate surface area is 134 Å². The third-order valence-electron chi connectivity index (χ3n) is 4.48. The molecular formula is C17H19N5O. The molecule has 1 aromatic heterocycles. The van der Waals surface area contributed by atoms with Crippen molar-refractivity contribution in [3.05, 3.63) is 47.3 Å². The number of fused-ring (bicyclic) bond motifs is 1. The SMILES string of the molecule is CC1=NN(c2ccc(C(=O)N3CCc4[nH]ncc4C3)cc2)CC1. The minimum Gasteiger partial charge on any atom is -0.334 e. The Hall–Kier alpha value is -2.63. The van der Waals surface area contributed by atoms with Crippen molar-refractivity contribution in [1.29, 1.82) is 0 Å². The van der Waals surface area contributed by atoms with Gasteiger partial charge in [-0.25, -0.2) is 0 Å². The number of carbonyl (C=O) groups is 1. The van der Waals surface area contributed by atoms with Crippen LogP contribution in [0.5, 0.6) is 0 Å². The van der Waals surface area contributed by atoms with Gasteiger partial charge in [-0.2, -0.15) is 10.2 Å². The standard InChI is InChI=1S/C17H19N5O/c1-12-6-9-22(20-12)15-4-2-13(3-5-15)17(23)21-8-7-16-14(11-21)10-18-19-16/h2-5,10H,6-9,11H2,1H3,(H,18,19). The zero-order chi connectivity index (χ0) is 15.8. The third kappa shape index (κ3) is 2.60. The summed E-state index contributed by atoms with van der Waals surface area (Å²) in [6.07, 6.45) is 3.65. The second-order valence-electron chi connectivity index (χ2n) is 6.11. The van der Waals surface area contributed by atoms with Crippen molar-refractivity contribution in [2.45, 2.75) is 26.3 Å². The molecule has 118 valence electrons. The van der Waals surface area contributed by atoms with Crippen LogP contribution < -0.4 is 5.01 Å². The van der Waals surface area contributed by atoms with Gasteiger partial charge in [0.2, 0.25) is 0 Å². The molecule has 4 rings (SSSR count). The largest absolute Gasteiger partial charge is 0.334 e. The number of nitrogens with zero attached hydrogens (tertiary/aromatic N) is 4. The maximum atomic E-state index is 12.7. The van der Waals surface area contributed by atoms with E-state index in [0.717, 1.165) is 54.2 Å². The number of hydrogen-bond acceptors (Lipinski definition) is 4. The Morgan fingerprint density at radius 2 is 2.00 bits per heavy atom. The van der Waals surface area contributed by atoms with E-state index in [-0.39, 0.29) is 5.91 Å². The van der Waals surface area contributed by atoms with Gasteiger partial charge in [-0.1, -0.05) is 0 Å². The van der Waals surface area contributed by atoms with E-state index in [4.69, 9.17) is 0 Å². The molecule has 1 aromatic carbocycles. The summed E-state index contributed by atoms with van der Waals surface area (Å²) in [6.45, 7) is 4.31. The topological polar surface area (TPSA) is 64.6 Å². The monoisotopic (exact) mass is 309 g/mol. The molecule has 0 saturated heterocycles. The van der Waals surface area contributed by atoms with Crippen molar-refractivity contribution in [1.82, 2.24) is 15.1 Å². The minimum atomic E-state index is 0.0736. The van der Waals surface area contributed by atoms with Crippen LogP contribution in [0.2, 0.25) is 0 Å². The van der Waals surface area contributed by atoms with Gasteiger partial charge in [0.05, 0.1) is 11.9 Å². The molecule has 23 heavy (non-hydrogen) atoms. The van der Waals surface area contributed by atoms with Crippen LogP contribution in [-0.4, -0.2) is 39.8 Å². The highest BCUT2D eigenvalue weighted by atomic mass is 16.2. The summed E-state index contributed by atoms with van der Waals surface area (Å²) in [7, 11) is 0. The summed E-state index contributed by atoms with van der Waals surface area (Å²) >= 11 is 0. The number of nitrogens with one attached hydrogen (secondary N) is 1. The predicted molar refractivity (Wildman–Crippen MR) is 88.5 cm³/mol. The fourth-order valence-electron chi connectivity index (χ4n) is 3.11. The van der Waals surface area contributed by atoms with Crippen molar-refractivity contribution >= 4 is 17.3 Å². The van der Waals surface area contributed by atoms with Gasteiger partial charge in [0.25, 0.3) is 5.91 Å². The Morgan fingerprint density at radius 1 is 1.17 bits per heavy atom. The summed E-state index contributed by atoms with van der Waals surface area (Å²) in [6, 6.07) is 7.74. The molecule has 2 aliphatic rings. The molecule has 2 aliphatic heterocycles. The number of carbonyl (C=O) groups excluding carboxylic acids is 1. The van der Waals surface area contributed by atoms with Crippen molar-refractivity contribution in [2.75, 3.05) is 18.1 Å². The molecule has 0 atom stereocenters. The first-order valence-corrected chi connectivity index (χ1v) is 7.93. The molecule has 0 saturated carbocycles. The van der Waals surface area contributed by atoms with Crippen LogP contribution in [-0.2, 0) is 13.0 Å². The second-order valence-corrected chi connectivity index (χ2v) is 6.11. The first-order chi connectivity index (χ1) is 11.2. The van der Waals surface area contributed by atoms with Crippen molar-refractivity contribution in [2.24, 2.45) is 5.10 Å². The van der Waals surface area contributed by atoms with Crippen LogP contribution in [0.15, 0.2) is 35.6 Å². The van der Waals surface area contributed by atoms with Gasteiger partial charge in [0, 0.05) is 55.0 Å². The molecule has 0 spiro atoms. The fraction of sp³-hybridized carbons (Fsp3) is 0.353. The highest BCUT2D eigenvalue weighted by molar-refractivity contribution is 5.94. The maximum absolute atomic E-state index is 12.7. The normalized spacial score (nSPS) is 17.2. The quantitative estimate of drug-likeness (QED) is 0.925. The average Bonchev–Trinajstić information content (AvgIpc) is 3.22. The molecule has 1 N–H and O–H groups in total. The minimum absolute atomic E-state index is 0.0736. The smallest absolute Gasteiger partial charge is 0.254 e. The van der Waals surface area contributed by atoms with E-state index in [1.165, 1.54) is 0 Å². The number of amides is 1. The number of hydrazone groups is 1. The van der Waals surface area contributed by atoms with E-state index in [1.807, 2.05) is 47.3 Å². The molecule has 3 heterocycles. The number of hydrogen-bond donors (Lipinski definition) is 1. The third-order valence-corrected chi connectivity index (χ3v) is 4.48. The molecule has 0 radical (unpaired) electrons. The van der Waals surface area contributed by atoms with Crippen molar-refractivity contribution in [3.8, 4) is 0 Å². The lowest BCUT2D eigenvalue weighted by molar-refractivity contribution is 0.0734. The van der Waals surface area contributed by atoms with Crippen LogP contribution in [0.4, 0.5) is 5.69 Å². The summed E-state index contributed by atoms with van der Waals surface area (Å²) in [5.41, 5.74) is 5.17. The Bertz CT molecular complexity index is 762. The summed E-state index contributed by atoms with van der Waals surface area (Å²) in [4.78, 5) is 14.6. The van der Waals surface area contributed by atoms with Gasteiger partial charge < -0.3 is 4.90 Å². The Balaban J connectivity index is 1.49. The molecule has 1 amide bonds. The van der Waals surface area contributed by atoms with Gasteiger partial charge in [0.15, 0.2) is 0 Å². The van der Waals surface area contributed by atoms with E-state index in [2.05, 4.69) is 15.3 Å². The Kier molecular flexibility index (Phi) is 3.37. The molecule has 0 aliphatic carbocycles. The summed E-state index contributed by atoms with van der Waals surface area (Å²) in [5.74, 6) is 0.0736. The number of anilines is 1. The van der Waals surface area contributed by atoms with E-state index in [0.29, 0.717) is 6.54 Å². The summed E-state index contributed by atoms with van der Waals surface area (Å²) in [5, 5.41) is 13.5. The van der Waals surface area contributed by atoms with Crippen LogP contribution >= 0.6 is 0 Å². The van der Waals surface area contributed by atoms with E-state index >= 15 is 0 Å². The lowest BCUT2D eigenvalue weighted by atomic mass is 10.1. The predicted octanol–water partition coefficient (Wildman–Crippen LogP) is 2.19.